The van der Waals surface area contributed by atoms with Crippen molar-refractivity contribution in [3.63, 3.8) is 0 Å². The Kier molecular flexibility index (Phi) is 6.00. The molecule has 1 fully saturated rings. The van der Waals surface area contributed by atoms with E-state index in [4.69, 9.17) is 0 Å². The molecule has 7 nitrogen and oxygen atoms in total. The number of aromatic amines is 1. The van der Waals surface area contributed by atoms with Crippen molar-refractivity contribution < 1.29 is 4.79 Å². The average molecular weight is 357 g/mol. The van der Waals surface area contributed by atoms with E-state index >= 15 is 0 Å². The third-order valence-electron chi connectivity index (χ3n) is 5.04. The van der Waals surface area contributed by atoms with Crippen LogP contribution in [-0.4, -0.2) is 71.7 Å². The van der Waals surface area contributed by atoms with Gasteiger partial charge >= 0.3 is 0 Å². The highest BCUT2D eigenvalue weighted by Crippen LogP contribution is 2.13. The van der Waals surface area contributed by atoms with E-state index in [1.165, 1.54) is 0 Å². The number of aromatic nitrogens is 2. The monoisotopic (exact) mass is 357 g/mol. The topological polar surface area (TPSA) is 81.3 Å². The Hall–Kier alpha value is -2.25. The van der Waals surface area contributed by atoms with Crippen molar-refractivity contribution in [3.05, 3.63) is 40.3 Å². The molecule has 2 heterocycles. The van der Waals surface area contributed by atoms with E-state index in [-0.39, 0.29) is 23.9 Å². The van der Waals surface area contributed by atoms with Crippen molar-refractivity contribution in [1.82, 2.24) is 25.3 Å². The number of amides is 1. The molecule has 2 aromatic rings. The molecule has 0 unspecified atom stereocenters. The van der Waals surface area contributed by atoms with Crippen LogP contribution < -0.4 is 10.9 Å². The molecule has 1 atom stereocenters. The van der Waals surface area contributed by atoms with Crippen LogP contribution in [0.5, 0.6) is 0 Å². The fourth-order valence-electron chi connectivity index (χ4n) is 3.36. The van der Waals surface area contributed by atoms with Crippen molar-refractivity contribution in [2.75, 3.05) is 39.8 Å². The molecule has 2 N–H and O–H groups in total. The first kappa shape index (κ1) is 18.5. The largest absolute Gasteiger partial charge is 0.352 e. The second kappa shape index (κ2) is 8.42. The van der Waals surface area contributed by atoms with Crippen molar-refractivity contribution in [3.8, 4) is 0 Å². The third kappa shape index (κ3) is 4.47. The van der Waals surface area contributed by atoms with Crippen LogP contribution in [0.1, 0.15) is 19.0 Å². The number of H-pyrrole nitrogens is 1. The lowest BCUT2D eigenvalue weighted by Gasteiger charge is -2.34. The van der Waals surface area contributed by atoms with Crippen molar-refractivity contribution in [2.24, 2.45) is 0 Å². The quantitative estimate of drug-likeness (QED) is 0.792. The lowest BCUT2D eigenvalue weighted by Crippen LogP contribution is -2.50. The number of carbonyl (C=O) groups excluding carboxylic acids is 1. The highest BCUT2D eigenvalue weighted by atomic mass is 16.1. The molecule has 7 heteroatoms. The number of fused-ring (bicyclic) bond motifs is 1. The normalized spacial score (nSPS) is 17.3. The maximum Gasteiger partial charge on any atom is 0.272 e. The summed E-state index contributed by atoms with van der Waals surface area (Å²) in [4.78, 5) is 29.1. The van der Waals surface area contributed by atoms with Crippen LogP contribution in [0, 0.1) is 0 Å². The fourth-order valence-corrected chi connectivity index (χ4v) is 3.36. The predicted octanol–water partition coefficient (Wildman–Crippen LogP) is 0.608. The Morgan fingerprint density at radius 2 is 1.92 bits per heavy atom. The van der Waals surface area contributed by atoms with Gasteiger partial charge in [-0.1, -0.05) is 25.1 Å². The number of nitrogens with zero attached hydrogens (tertiary/aromatic N) is 3. The molecular formula is C19H27N5O2. The molecule has 1 aromatic carbocycles. The van der Waals surface area contributed by atoms with E-state index < -0.39 is 0 Å². The molecule has 1 saturated heterocycles. The summed E-state index contributed by atoms with van der Waals surface area (Å²) in [6.07, 6.45) is 1.05. The van der Waals surface area contributed by atoms with Crippen LogP contribution in [0.2, 0.25) is 0 Å². The summed E-state index contributed by atoms with van der Waals surface area (Å²) in [5.74, 6) is -0.0596. The summed E-state index contributed by atoms with van der Waals surface area (Å²) in [7, 11) is 2.14. The Bertz CT molecular complexity index is 811. The van der Waals surface area contributed by atoms with Gasteiger partial charge in [-0.2, -0.15) is 5.10 Å². The number of hydrogen-bond acceptors (Lipinski definition) is 5. The molecule has 1 aliphatic rings. The molecule has 0 radical (unpaired) electrons. The second-order valence-corrected chi connectivity index (χ2v) is 7.00. The number of benzene rings is 1. The molecule has 0 aliphatic carbocycles. The third-order valence-corrected chi connectivity index (χ3v) is 5.04. The van der Waals surface area contributed by atoms with E-state index in [1.54, 1.807) is 6.07 Å². The molecule has 0 bridgehead atoms. The molecule has 1 amide bonds. The van der Waals surface area contributed by atoms with Gasteiger partial charge in [0.2, 0.25) is 5.91 Å². The van der Waals surface area contributed by atoms with Crippen LogP contribution in [0.3, 0.4) is 0 Å². The zero-order valence-corrected chi connectivity index (χ0v) is 15.5. The number of rotatable bonds is 6. The second-order valence-electron chi connectivity index (χ2n) is 7.00. The summed E-state index contributed by atoms with van der Waals surface area (Å²) in [5, 5.41) is 11.0. The molecule has 26 heavy (non-hydrogen) atoms. The predicted molar refractivity (Wildman–Crippen MR) is 102 cm³/mol. The van der Waals surface area contributed by atoms with Gasteiger partial charge in [0.05, 0.1) is 17.5 Å². The number of carbonyl (C=O) groups is 1. The van der Waals surface area contributed by atoms with Crippen molar-refractivity contribution in [2.45, 2.75) is 25.8 Å². The SMILES string of the molecule is CC[C@H](CN1CCN(C)CC1)NC(=O)Cc1n[nH]c(=O)c2ccccc12. The number of likely N-dealkylation sites (N-methyl/N-ethyl adjacent to an activating group) is 1. The van der Waals surface area contributed by atoms with Crippen LogP contribution in [0.4, 0.5) is 0 Å². The van der Waals surface area contributed by atoms with Gasteiger partial charge in [-0.3, -0.25) is 14.5 Å². The summed E-state index contributed by atoms with van der Waals surface area (Å²) in [6, 6.07) is 7.37. The minimum atomic E-state index is -0.230. The Morgan fingerprint density at radius 3 is 2.62 bits per heavy atom. The van der Waals surface area contributed by atoms with Gasteiger partial charge in [0.1, 0.15) is 0 Å². The Morgan fingerprint density at radius 1 is 1.23 bits per heavy atom. The number of nitrogens with one attached hydrogen (secondary N) is 2. The van der Waals surface area contributed by atoms with Gasteiger partial charge in [-0.15, -0.1) is 0 Å². The van der Waals surface area contributed by atoms with Gasteiger partial charge < -0.3 is 10.2 Å². The Labute approximate surface area is 153 Å². The molecule has 0 spiro atoms. The Balaban J connectivity index is 1.63. The zero-order chi connectivity index (χ0) is 18.5. The smallest absolute Gasteiger partial charge is 0.272 e. The van der Waals surface area contributed by atoms with E-state index in [0.29, 0.717) is 11.1 Å². The van der Waals surface area contributed by atoms with Gasteiger partial charge in [-0.05, 0) is 19.5 Å². The molecule has 1 aliphatic heterocycles. The zero-order valence-electron chi connectivity index (χ0n) is 15.5. The molecular weight excluding hydrogens is 330 g/mol. The van der Waals surface area contributed by atoms with Gasteiger partial charge in [0, 0.05) is 44.2 Å². The lowest BCUT2D eigenvalue weighted by molar-refractivity contribution is -0.121. The van der Waals surface area contributed by atoms with Gasteiger partial charge in [-0.25, -0.2) is 5.10 Å². The maximum atomic E-state index is 12.5. The van der Waals surface area contributed by atoms with Crippen LogP contribution in [0.15, 0.2) is 29.1 Å². The first-order chi connectivity index (χ1) is 12.6. The van der Waals surface area contributed by atoms with Crippen LogP contribution in [-0.2, 0) is 11.2 Å². The molecule has 3 rings (SSSR count). The summed E-state index contributed by atoms with van der Waals surface area (Å²) >= 11 is 0. The van der Waals surface area contributed by atoms with Crippen molar-refractivity contribution >= 4 is 16.7 Å². The minimum absolute atomic E-state index is 0.0596. The lowest BCUT2D eigenvalue weighted by atomic mass is 10.1. The summed E-state index contributed by atoms with van der Waals surface area (Å²) in [5.41, 5.74) is 0.374. The highest BCUT2D eigenvalue weighted by molar-refractivity contribution is 5.88. The van der Waals surface area contributed by atoms with E-state index in [2.05, 4.69) is 39.3 Å². The van der Waals surface area contributed by atoms with E-state index in [9.17, 15) is 9.59 Å². The van der Waals surface area contributed by atoms with Gasteiger partial charge in [0.15, 0.2) is 0 Å². The highest BCUT2D eigenvalue weighted by Gasteiger charge is 2.19. The standard InChI is InChI=1S/C19H27N5O2/c1-3-14(13-24-10-8-23(2)9-11-24)20-18(25)12-17-15-6-4-5-7-16(15)19(26)22-21-17/h4-7,14H,3,8-13H2,1-2H3,(H,20,25)(H,22,26)/t14-/m1/s1. The molecule has 1 aromatic heterocycles. The molecule has 0 saturated carbocycles. The maximum absolute atomic E-state index is 12.5. The fraction of sp³-hybridized carbons (Fsp3) is 0.526. The summed E-state index contributed by atoms with van der Waals surface area (Å²) < 4.78 is 0. The van der Waals surface area contributed by atoms with Crippen LogP contribution >= 0.6 is 0 Å². The average Bonchev–Trinajstić information content (AvgIpc) is 2.65. The number of hydrogen-bond donors (Lipinski definition) is 2. The van der Waals surface area contributed by atoms with Crippen LogP contribution in [0.25, 0.3) is 10.8 Å². The first-order valence-corrected chi connectivity index (χ1v) is 9.23. The number of piperazine rings is 1. The van der Waals surface area contributed by atoms with Gasteiger partial charge in [0.25, 0.3) is 5.56 Å². The van der Waals surface area contributed by atoms with E-state index in [1.807, 2.05) is 18.2 Å². The molecule has 140 valence electrons. The first-order valence-electron chi connectivity index (χ1n) is 9.23. The van der Waals surface area contributed by atoms with Crippen molar-refractivity contribution in [1.29, 1.82) is 0 Å². The summed E-state index contributed by atoms with van der Waals surface area (Å²) in [6.45, 7) is 7.17. The minimum Gasteiger partial charge on any atom is -0.352 e. The van der Waals surface area contributed by atoms with E-state index in [0.717, 1.165) is 44.5 Å².